The van der Waals surface area contributed by atoms with Crippen LogP contribution in [0.2, 0.25) is 0 Å². The normalized spacial score (nSPS) is 18.8. The van der Waals surface area contributed by atoms with E-state index in [1.165, 1.54) is 11.1 Å². The summed E-state index contributed by atoms with van der Waals surface area (Å²) in [5.74, 6) is 0.274. The van der Waals surface area contributed by atoms with Gasteiger partial charge in [0.2, 0.25) is 5.91 Å². The van der Waals surface area contributed by atoms with E-state index in [1.807, 2.05) is 11.9 Å². The van der Waals surface area contributed by atoms with Crippen molar-refractivity contribution in [3.8, 4) is 0 Å². The Hall–Kier alpha value is -1.39. The van der Waals surface area contributed by atoms with E-state index in [4.69, 9.17) is 0 Å². The van der Waals surface area contributed by atoms with Crippen molar-refractivity contribution in [3.63, 3.8) is 0 Å². The van der Waals surface area contributed by atoms with Gasteiger partial charge >= 0.3 is 0 Å². The first-order valence-corrected chi connectivity index (χ1v) is 8.00. The highest BCUT2D eigenvalue weighted by molar-refractivity contribution is 5.77. The topological polar surface area (TPSA) is 44.4 Å². The lowest BCUT2D eigenvalue weighted by Crippen LogP contribution is -2.48. The number of nitrogens with one attached hydrogen (secondary N) is 2. The highest BCUT2D eigenvalue weighted by Crippen LogP contribution is 2.23. The molecule has 21 heavy (non-hydrogen) atoms. The van der Waals surface area contributed by atoms with Gasteiger partial charge in [0.1, 0.15) is 0 Å². The van der Waals surface area contributed by atoms with Gasteiger partial charge < -0.3 is 15.5 Å². The van der Waals surface area contributed by atoms with Gasteiger partial charge in [0.25, 0.3) is 0 Å². The third kappa shape index (κ3) is 4.29. The molecule has 4 heteroatoms. The number of piperazine rings is 1. The second-order valence-electron chi connectivity index (χ2n) is 5.61. The molecule has 1 amide bonds. The van der Waals surface area contributed by atoms with E-state index in [-0.39, 0.29) is 11.9 Å². The molecule has 0 radical (unpaired) electrons. The molecule has 1 saturated heterocycles. The molecule has 0 bridgehead atoms. The SMILES string of the molecule is CCc1ccc(C2CNCCN2C(=O)CCCNC)cc1. The van der Waals surface area contributed by atoms with Gasteiger partial charge in [0.05, 0.1) is 6.04 Å². The van der Waals surface area contributed by atoms with Crippen LogP contribution in [0, 0.1) is 0 Å². The van der Waals surface area contributed by atoms with Crippen LogP contribution in [-0.2, 0) is 11.2 Å². The first-order chi connectivity index (χ1) is 10.3. The fraction of sp³-hybridized carbons (Fsp3) is 0.588. The monoisotopic (exact) mass is 289 g/mol. The van der Waals surface area contributed by atoms with Gasteiger partial charge in [-0.15, -0.1) is 0 Å². The van der Waals surface area contributed by atoms with E-state index in [1.54, 1.807) is 0 Å². The highest BCUT2D eigenvalue weighted by Gasteiger charge is 2.27. The molecule has 2 N–H and O–H groups in total. The zero-order valence-electron chi connectivity index (χ0n) is 13.2. The third-order valence-corrected chi connectivity index (χ3v) is 4.15. The number of hydrogen-bond acceptors (Lipinski definition) is 3. The molecule has 0 aromatic heterocycles. The molecule has 1 aromatic carbocycles. The van der Waals surface area contributed by atoms with Crippen LogP contribution in [0.3, 0.4) is 0 Å². The zero-order valence-corrected chi connectivity index (χ0v) is 13.2. The van der Waals surface area contributed by atoms with Crippen molar-refractivity contribution in [2.45, 2.75) is 32.2 Å². The smallest absolute Gasteiger partial charge is 0.223 e. The molecule has 1 heterocycles. The lowest BCUT2D eigenvalue weighted by Gasteiger charge is -2.36. The minimum absolute atomic E-state index is 0.173. The number of carbonyl (C=O) groups excluding carboxylic acids is 1. The van der Waals surface area contributed by atoms with Crippen molar-refractivity contribution < 1.29 is 4.79 Å². The van der Waals surface area contributed by atoms with E-state index < -0.39 is 0 Å². The minimum Gasteiger partial charge on any atom is -0.333 e. The molecule has 1 aliphatic rings. The maximum absolute atomic E-state index is 12.5. The fourth-order valence-electron chi connectivity index (χ4n) is 2.84. The number of carbonyl (C=O) groups is 1. The number of aryl methyl sites for hydroxylation is 1. The number of rotatable bonds is 6. The molecular weight excluding hydrogens is 262 g/mol. The summed E-state index contributed by atoms with van der Waals surface area (Å²) in [6.45, 7) is 5.60. The summed E-state index contributed by atoms with van der Waals surface area (Å²) in [6.07, 6.45) is 2.58. The minimum atomic E-state index is 0.173. The summed E-state index contributed by atoms with van der Waals surface area (Å²) in [7, 11) is 1.92. The Balaban J connectivity index is 2.05. The van der Waals surface area contributed by atoms with Gasteiger partial charge in [-0.1, -0.05) is 31.2 Å². The number of amides is 1. The molecular formula is C17H27N3O. The van der Waals surface area contributed by atoms with Gasteiger partial charge in [-0.05, 0) is 37.6 Å². The second kappa shape index (κ2) is 8.15. The van der Waals surface area contributed by atoms with Gasteiger partial charge in [-0.25, -0.2) is 0 Å². The largest absolute Gasteiger partial charge is 0.333 e. The van der Waals surface area contributed by atoms with E-state index >= 15 is 0 Å². The van der Waals surface area contributed by atoms with Gasteiger partial charge in [0, 0.05) is 26.1 Å². The Morgan fingerprint density at radius 3 is 2.81 bits per heavy atom. The lowest BCUT2D eigenvalue weighted by atomic mass is 10.0. The van der Waals surface area contributed by atoms with Crippen molar-refractivity contribution in [1.82, 2.24) is 15.5 Å². The summed E-state index contributed by atoms with van der Waals surface area (Å²) in [6, 6.07) is 8.86. The number of benzene rings is 1. The average molecular weight is 289 g/mol. The van der Waals surface area contributed by atoms with Crippen LogP contribution in [0.25, 0.3) is 0 Å². The van der Waals surface area contributed by atoms with Crippen molar-refractivity contribution in [2.24, 2.45) is 0 Å². The molecule has 4 nitrogen and oxygen atoms in total. The van der Waals surface area contributed by atoms with Crippen LogP contribution in [0.5, 0.6) is 0 Å². The quantitative estimate of drug-likeness (QED) is 0.784. The van der Waals surface area contributed by atoms with Crippen LogP contribution in [0.4, 0.5) is 0 Å². The average Bonchev–Trinajstić information content (AvgIpc) is 2.55. The molecule has 1 fully saturated rings. The first-order valence-electron chi connectivity index (χ1n) is 8.00. The van der Waals surface area contributed by atoms with Crippen molar-refractivity contribution >= 4 is 5.91 Å². The van der Waals surface area contributed by atoms with Crippen molar-refractivity contribution in [2.75, 3.05) is 33.2 Å². The fourth-order valence-corrected chi connectivity index (χ4v) is 2.84. The highest BCUT2D eigenvalue weighted by atomic mass is 16.2. The number of hydrogen-bond donors (Lipinski definition) is 2. The first kappa shape index (κ1) is 16.0. The molecule has 1 atom stereocenters. The Morgan fingerprint density at radius 1 is 1.38 bits per heavy atom. The summed E-state index contributed by atoms with van der Waals surface area (Å²) in [5.41, 5.74) is 2.58. The van der Waals surface area contributed by atoms with Crippen LogP contribution < -0.4 is 10.6 Å². The molecule has 0 saturated carbocycles. The molecule has 116 valence electrons. The lowest BCUT2D eigenvalue weighted by molar-refractivity contribution is -0.134. The maximum Gasteiger partial charge on any atom is 0.223 e. The summed E-state index contributed by atoms with van der Waals surface area (Å²) < 4.78 is 0. The predicted molar refractivity (Wildman–Crippen MR) is 86.3 cm³/mol. The van der Waals surface area contributed by atoms with Crippen molar-refractivity contribution in [3.05, 3.63) is 35.4 Å². The molecule has 1 aliphatic heterocycles. The second-order valence-corrected chi connectivity index (χ2v) is 5.61. The Kier molecular flexibility index (Phi) is 6.21. The van der Waals surface area contributed by atoms with E-state index in [0.29, 0.717) is 6.42 Å². The van der Waals surface area contributed by atoms with E-state index in [2.05, 4.69) is 41.8 Å². The standard InChI is InChI=1S/C17H27N3O/c1-3-14-6-8-15(9-7-14)16-13-19-11-12-20(16)17(21)5-4-10-18-2/h6-9,16,18-19H,3-5,10-13H2,1-2H3. The van der Waals surface area contributed by atoms with E-state index in [0.717, 1.165) is 39.0 Å². The van der Waals surface area contributed by atoms with Crippen LogP contribution in [0.15, 0.2) is 24.3 Å². The van der Waals surface area contributed by atoms with Crippen molar-refractivity contribution in [1.29, 1.82) is 0 Å². The summed E-state index contributed by atoms with van der Waals surface area (Å²) in [4.78, 5) is 14.5. The van der Waals surface area contributed by atoms with Gasteiger partial charge in [-0.3, -0.25) is 4.79 Å². The molecule has 0 aliphatic carbocycles. The van der Waals surface area contributed by atoms with Gasteiger partial charge in [0.15, 0.2) is 0 Å². The molecule has 1 aromatic rings. The summed E-state index contributed by atoms with van der Waals surface area (Å²) in [5, 5.41) is 6.51. The molecule has 2 rings (SSSR count). The Morgan fingerprint density at radius 2 is 2.14 bits per heavy atom. The molecule has 0 spiro atoms. The van der Waals surface area contributed by atoms with Crippen LogP contribution in [-0.4, -0.2) is 44.0 Å². The van der Waals surface area contributed by atoms with Gasteiger partial charge in [-0.2, -0.15) is 0 Å². The Labute approximate surface area is 127 Å². The zero-order chi connectivity index (χ0) is 15.1. The predicted octanol–water partition coefficient (Wildman–Crippen LogP) is 1.72. The number of nitrogens with zero attached hydrogens (tertiary/aromatic N) is 1. The Bertz CT molecular complexity index is 444. The summed E-state index contributed by atoms with van der Waals surface area (Å²) >= 11 is 0. The van der Waals surface area contributed by atoms with E-state index in [9.17, 15) is 4.79 Å². The molecule has 1 unspecified atom stereocenters. The van der Waals surface area contributed by atoms with Crippen LogP contribution >= 0.6 is 0 Å². The van der Waals surface area contributed by atoms with Crippen LogP contribution in [0.1, 0.15) is 36.9 Å². The maximum atomic E-state index is 12.5. The third-order valence-electron chi connectivity index (χ3n) is 4.15.